The van der Waals surface area contributed by atoms with Gasteiger partial charge in [0.15, 0.2) is 0 Å². The molecule has 154 valence electrons. The minimum atomic E-state index is -2.96. The van der Waals surface area contributed by atoms with E-state index in [0.29, 0.717) is 11.3 Å². The van der Waals surface area contributed by atoms with Gasteiger partial charge in [0.25, 0.3) is 4.51 Å². The zero-order valence-corrected chi connectivity index (χ0v) is 19.7. The van der Waals surface area contributed by atoms with E-state index in [4.69, 9.17) is 33.0 Å². The Kier molecular flexibility index (Phi) is 6.76. The van der Waals surface area contributed by atoms with Gasteiger partial charge in [-0.05, 0) is 63.5 Å². The topological polar surface area (TPSA) is 35.5 Å². The normalized spacial score (nSPS) is 11.6. The molecule has 0 spiro atoms. The number of benzene rings is 3. The number of carbonyl (C=O) groups is 1. The molecule has 6 heteroatoms. The molecule has 0 saturated carbocycles. The van der Waals surface area contributed by atoms with Crippen LogP contribution in [-0.4, -0.2) is 18.8 Å². The number of carbonyl (C=O) groups excluding carboxylic acids is 1. The molecule has 0 N–H and O–H groups in total. The monoisotopic (exact) mass is 454 g/mol. The second-order valence-corrected chi connectivity index (χ2v) is 13.1. The van der Waals surface area contributed by atoms with E-state index in [2.05, 4.69) is 45.0 Å². The predicted octanol–water partition coefficient (Wildman–Crippen LogP) is 5.31. The summed E-state index contributed by atoms with van der Waals surface area (Å²) in [6, 6.07) is 26.7. The van der Waals surface area contributed by atoms with E-state index in [1.165, 1.54) is 0 Å². The molecule has 0 unspecified atom stereocenters. The van der Waals surface area contributed by atoms with E-state index in [-0.39, 0.29) is 15.5 Å². The molecule has 3 nitrogen and oxygen atoms in total. The van der Waals surface area contributed by atoms with Crippen LogP contribution in [-0.2, 0) is 4.43 Å². The lowest BCUT2D eigenvalue weighted by atomic mass is 10.2. The van der Waals surface area contributed by atoms with Gasteiger partial charge in [-0.25, -0.2) is 4.79 Å². The second-order valence-electron chi connectivity index (χ2n) is 7.92. The van der Waals surface area contributed by atoms with E-state index in [0.717, 1.165) is 10.4 Å². The molecular weight excluding hydrogens is 432 g/mol. The van der Waals surface area contributed by atoms with Crippen LogP contribution in [0.25, 0.3) is 0 Å². The maximum Gasteiger partial charge on any atom is 0.325 e. The Bertz CT molecular complexity index is 976. The van der Waals surface area contributed by atoms with Gasteiger partial charge in [0.2, 0.25) is 0 Å². The Morgan fingerprint density at radius 2 is 1.30 bits per heavy atom. The number of thiocarbonyl (C=S) groups is 1. The second kappa shape index (κ2) is 9.12. The van der Waals surface area contributed by atoms with Gasteiger partial charge in [0, 0.05) is 0 Å². The average Bonchev–Trinajstić information content (AvgIpc) is 2.72. The number of halogens is 1. The molecule has 3 rings (SSSR count). The molecule has 0 atom stereocenters. The van der Waals surface area contributed by atoms with Crippen molar-refractivity contribution in [2.24, 2.45) is 0 Å². The quantitative estimate of drug-likeness (QED) is 0.297. The van der Waals surface area contributed by atoms with Crippen molar-refractivity contribution in [1.82, 2.24) is 0 Å². The zero-order chi connectivity index (χ0) is 21.8. The fraction of sp³-hybridized carbons (Fsp3) is 0.167. The summed E-state index contributed by atoms with van der Waals surface area (Å²) in [6.45, 7) is 6.39. The van der Waals surface area contributed by atoms with Gasteiger partial charge in [-0.2, -0.15) is 0 Å². The van der Waals surface area contributed by atoms with Crippen LogP contribution < -0.4 is 15.1 Å². The molecule has 30 heavy (non-hydrogen) atoms. The SMILES string of the molecule is CC(C)(C)[Si](OC(=O)c1ccc(OC(=S)Cl)cc1)(c1ccccc1)c1ccccc1. The number of rotatable bonds is 5. The van der Waals surface area contributed by atoms with Crippen molar-refractivity contribution in [2.45, 2.75) is 25.8 Å². The molecule has 3 aromatic carbocycles. The fourth-order valence-electron chi connectivity index (χ4n) is 3.60. The maximum absolute atomic E-state index is 13.3. The third kappa shape index (κ3) is 4.64. The van der Waals surface area contributed by atoms with Crippen molar-refractivity contribution < 1.29 is 14.0 Å². The summed E-state index contributed by atoms with van der Waals surface area (Å²) < 4.78 is 11.6. The smallest absolute Gasteiger partial charge is 0.325 e. The Hall–Kier alpha value is -2.47. The zero-order valence-electron chi connectivity index (χ0n) is 17.1. The van der Waals surface area contributed by atoms with Gasteiger partial charge in [-0.3, -0.25) is 0 Å². The molecule has 0 aromatic heterocycles. The highest BCUT2D eigenvalue weighted by atomic mass is 35.5. The first-order valence-electron chi connectivity index (χ1n) is 9.56. The Labute approximate surface area is 188 Å². The van der Waals surface area contributed by atoms with Gasteiger partial charge in [-0.15, -0.1) is 0 Å². The molecule has 3 aromatic rings. The molecule has 0 amide bonds. The first kappa shape index (κ1) is 22.2. The third-order valence-electron chi connectivity index (χ3n) is 4.95. The van der Waals surface area contributed by atoms with Crippen LogP contribution in [0.5, 0.6) is 5.75 Å². The lowest BCUT2D eigenvalue weighted by molar-refractivity contribution is 0.0719. The van der Waals surface area contributed by atoms with Crippen molar-refractivity contribution in [3.63, 3.8) is 0 Å². The molecule has 0 aliphatic carbocycles. The van der Waals surface area contributed by atoms with E-state index in [1.54, 1.807) is 24.3 Å². The van der Waals surface area contributed by atoms with E-state index in [9.17, 15) is 4.79 Å². The fourth-order valence-corrected chi connectivity index (χ4v) is 8.11. The number of hydrogen-bond donors (Lipinski definition) is 0. The van der Waals surface area contributed by atoms with Crippen LogP contribution in [0, 0.1) is 0 Å². The molecular formula is C24H23ClO3SSi. The van der Waals surface area contributed by atoms with Crippen molar-refractivity contribution in [3.05, 3.63) is 90.5 Å². The van der Waals surface area contributed by atoms with Crippen LogP contribution in [0.1, 0.15) is 31.1 Å². The van der Waals surface area contributed by atoms with Crippen LogP contribution in [0.2, 0.25) is 5.04 Å². The van der Waals surface area contributed by atoms with Crippen LogP contribution in [0.3, 0.4) is 0 Å². The summed E-state index contributed by atoms with van der Waals surface area (Å²) >= 11 is 10.4. The minimum absolute atomic E-state index is 0.0994. The predicted molar refractivity (Wildman–Crippen MR) is 129 cm³/mol. The minimum Gasteiger partial charge on any atom is -0.506 e. The highest BCUT2D eigenvalue weighted by molar-refractivity contribution is 7.82. The van der Waals surface area contributed by atoms with Crippen LogP contribution in [0.15, 0.2) is 84.9 Å². The van der Waals surface area contributed by atoms with Gasteiger partial charge in [0.05, 0.1) is 5.56 Å². The lowest BCUT2D eigenvalue weighted by Gasteiger charge is -2.42. The van der Waals surface area contributed by atoms with Crippen molar-refractivity contribution in [3.8, 4) is 5.75 Å². The third-order valence-corrected chi connectivity index (χ3v) is 10.0. The number of hydrogen-bond acceptors (Lipinski definition) is 4. The van der Waals surface area contributed by atoms with Crippen LogP contribution >= 0.6 is 23.8 Å². The molecule has 0 saturated heterocycles. The van der Waals surface area contributed by atoms with Gasteiger partial charge in [-0.1, -0.05) is 81.4 Å². The van der Waals surface area contributed by atoms with E-state index < -0.39 is 8.32 Å². The van der Waals surface area contributed by atoms with Gasteiger partial charge < -0.3 is 9.16 Å². The first-order valence-corrected chi connectivity index (χ1v) is 12.3. The van der Waals surface area contributed by atoms with Gasteiger partial charge in [0.1, 0.15) is 5.75 Å². The van der Waals surface area contributed by atoms with Crippen molar-refractivity contribution in [1.29, 1.82) is 0 Å². The molecule has 0 radical (unpaired) electrons. The van der Waals surface area contributed by atoms with Gasteiger partial charge >= 0.3 is 14.3 Å². The van der Waals surface area contributed by atoms with E-state index >= 15 is 0 Å². The molecule has 0 bridgehead atoms. The summed E-state index contributed by atoms with van der Waals surface area (Å²) in [5.74, 6) is 0.0984. The first-order chi connectivity index (χ1) is 14.2. The molecule has 0 aliphatic heterocycles. The largest absolute Gasteiger partial charge is 0.506 e. The Balaban J connectivity index is 2.07. The average molecular weight is 455 g/mol. The molecule has 0 heterocycles. The standard InChI is InChI=1S/C24H23ClO3SSi/c1-24(2,3)30(20-10-6-4-7-11-20,21-12-8-5-9-13-21)28-22(26)18-14-16-19(17-15-18)27-23(25)29/h4-17H,1-3H3. The number of ether oxygens (including phenoxy) is 1. The summed E-state index contributed by atoms with van der Waals surface area (Å²) in [6.07, 6.45) is 0. The lowest BCUT2D eigenvalue weighted by Crippen LogP contribution is -2.67. The Morgan fingerprint density at radius 1 is 0.833 bits per heavy atom. The van der Waals surface area contributed by atoms with Crippen LogP contribution in [0.4, 0.5) is 0 Å². The summed E-state index contributed by atoms with van der Waals surface area (Å²) in [4.78, 5) is 13.3. The maximum atomic E-state index is 13.3. The van der Waals surface area contributed by atoms with Crippen molar-refractivity contribution in [2.75, 3.05) is 0 Å². The molecule has 0 fully saturated rings. The summed E-state index contributed by atoms with van der Waals surface area (Å²) in [7, 11) is -2.96. The summed E-state index contributed by atoms with van der Waals surface area (Å²) in [5.41, 5.74) is 0.441. The molecule has 0 aliphatic rings. The van der Waals surface area contributed by atoms with Crippen molar-refractivity contribution >= 4 is 53.0 Å². The Morgan fingerprint density at radius 3 is 1.70 bits per heavy atom. The highest BCUT2D eigenvalue weighted by Crippen LogP contribution is 2.37. The summed E-state index contributed by atoms with van der Waals surface area (Å²) in [5, 5.41) is 1.80. The van der Waals surface area contributed by atoms with E-state index in [1.807, 2.05) is 36.4 Å². The highest BCUT2D eigenvalue weighted by Gasteiger charge is 2.53.